The molecule has 0 bridgehead atoms. The fourth-order valence-corrected chi connectivity index (χ4v) is 4.95. The average molecular weight is 526 g/mol. The molecule has 1 amide bonds. The lowest BCUT2D eigenvalue weighted by Gasteiger charge is -2.33. The zero-order chi connectivity index (χ0) is 26.9. The number of alkyl halides is 3. The number of hydrogen-bond donors (Lipinski definition) is 2. The third-order valence-corrected chi connectivity index (χ3v) is 7.19. The van der Waals surface area contributed by atoms with Crippen LogP contribution in [0.25, 0.3) is 0 Å². The fourth-order valence-electron chi connectivity index (χ4n) is 4.95. The second-order valence-electron chi connectivity index (χ2n) is 9.85. The minimum absolute atomic E-state index is 0.107. The number of hydrogen-bond acceptors (Lipinski definition) is 7. The van der Waals surface area contributed by atoms with Gasteiger partial charge in [-0.15, -0.1) is 0 Å². The molecule has 3 heterocycles. The number of piperazine rings is 1. The van der Waals surface area contributed by atoms with Gasteiger partial charge in [-0.1, -0.05) is 12.1 Å². The van der Waals surface area contributed by atoms with E-state index in [1.54, 1.807) is 18.3 Å². The van der Waals surface area contributed by atoms with Crippen LogP contribution in [0, 0.1) is 0 Å². The smallest absolute Gasteiger partial charge is 0.383 e. The molecule has 2 aliphatic rings. The Balaban J connectivity index is 1.32. The molecule has 0 spiro atoms. The Kier molecular flexibility index (Phi) is 7.22. The molecule has 0 atom stereocenters. The molecule has 3 aromatic rings. The van der Waals surface area contributed by atoms with E-state index >= 15 is 0 Å². The summed E-state index contributed by atoms with van der Waals surface area (Å²) < 4.78 is 41.8. The van der Waals surface area contributed by atoms with Crippen molar-refractivity contribution in [3.63, 3.8) is 0 Å². The van der Waals surface area contributed by atoms with Crippen LogP contribution in [0.5, 0.6) is 0 Å². The van der Waals surface area contributed by atoms with Gasteiger partial charge in [0.1, 0.15) is 12.1 Å². The van der Waals surface area contributed by atoms with Crippen molar-refractivity contribution in [1.82, 2.24) is 19.8 Å². The van der Waals surface area contributed by atoms with Gasteiger partial charge in [0.25, 0.3) is 5.91 Å². The summed E-state index contributed by atoms with van der Waals surface area (Å²) in [5.74, 6) is -0.0685. The van der Waals surface area contributed by atoms with Crippen molar-refractivity contribution in [2.24, 2.45) is 0 Å². The first-order chi connectivity index (χ1) is 18.2. The minimum Gasteiger partial charge on any atom is -0.383 e. The quantitative estimate of drug-likeness (QED) is 0.508. The Hall–Kier alpha value is -3.70. The molecule has 1 fully saturated rings. The fraction of sp³-hybridized carbons (Fsp3) is 0.370. The van der Waals surface area contributed by atoms with Crippen LogP contribution in [0.15, 0.2) is 48.9 Å². The summed E-state index contributed by atoms with van der Waals surface area (Å²) in [6.07, 6.45) is -0.654. The molecule has 3 N–H and O–H groups in total. The number of nitrogens with zero attached hydrogens (tertiary/aromatic N) is 5. The zero-order valence-corrected chi connectivity index (χ0v) is 21.1. The summed E-state index contributed by atoms with van der Waals surface area (Å²) in [6, 6.07) is 9.38. The lowest BCUT2D eigenvalue weighted by molar-refractivity contribution is -0.138. The number of carbonyl (C=O) groups is 1. The van der Waals surface area contributed by atoms with E-state index in [-0.39, 0.29) is 17.8 Å². The van der Waals surface area contributed by atoms with E-state index in [2.05, 4.69) is 25.1 Å². The highest BCUT2D eigenvalue weighted by molar-refractivity contribution is 6.05. The molecule has 0 saturated carbocycles. The van der Waals surface area contributed by atoms with Crippen LogP contribution in [0.1, 0.15) is 32.6 Å². The Morgan fingerprint density at radius 1 is 1.03 bits per heavy atom. The van der Waals surface area contributed by atoms with Gasteiger partial charge in [0.2, 0.25) is 0 Å². The average Bonchev–Trinajstić information content (AvgIpc) is 3.29. The third kappa shape index (κ3) is 5.73. The molecule has 0 unspecified atom stereocenters. The highest BCUT2D eigenvalue weighted by atomic mass is 19.4. The maximum atomic E-state index is 13.9. The van der Waals surface area contributed by atoms with Crippen LogP contribution in [0.4, 0.5) is 30.4 Å². The minimum atomic E-state index is -4.53. The van der Waals surface area contributed by atoms with Crippen molar-refractivity contribution in [1.29, 1.82) is 0 Å². The number of nitrogen functional groups attached to an aromatic ring is 1. The molecule has 2 aromatic carbocycles. The Bertz CT molecular complexity index is 1320. The van der Waals surface area contributed by atoms with E-state index in [4.69, 9.17) is 5.73 Å². The number of carbonyl (C=O) groups excluding carboxylic acids is 1. The number of nitrogens with two attached hydrogens (primary N) is 1. The maximum absolute atomic E-state index is 13.9. The highest BCUT2D eigenvalue weighted by Gasteiger charge is 2.34. The van der Waals surface area contributed by atoms with Crippen molar-refractivity contribution in [3.05, 3.63) is 76.7 Å². The van der Waals surface area contributed by atoms with Gasteiger partial charge in [-0.2, -0.15) is 13.2 Å². The molecule has 38 heavy (non-hydrogen) atoms. The van der Waals surface area contributed by atoms with E-state index < -0.39 is 17.6 Å². The molecule has 0 radical (unpaired) electrons. The zero-order valence-electron chi connectivity index (χ0n) is 21.1. The first-order valence-corrected chi connectivity index (χ1v) is 12.5. The SMILES string of the molecule is CN1CCN(Cc2ccc(NC(=O)c3ccc4c(c3)N(Cc3cncnc3N)CC4)cc2C(F)(F)F)CC1. The summed E-state index contributed by atoms with van der Waals surface area (Å²) in [5, 5.41) is 2.65. The van der Waals surface area contributed by atoms with Gasteiger partial charge in [0, 0.05) is 74.5 Å². The van der Waals surface area contributed by atoms with Gasteiger partial charge in [0.05, 0.1) is 5.56 Å². The first-order valence-electron chi connectivity index (χ1n) is 12.5. The number of halogens is 3. The van der Waals surface area contributed by atoms with Crippen LogP contribution in [-0.4, -0.2) is 65.4 Å². The van der Waals surface area contributed by atoms with E-state index in [9.17, 15) is 18.0 Å². The molecule has 8 nitrogen and oxygen atoms in total. The lowest BCUT2D eigenvalue weighted by Crippen LogP contribution is -2.44. The summed E-state index contributed by atoms with van der Waals surface area (Å²) in [7, 11) is 2.00. The highest BCUT2D eigenvalue weighted by Crippen LogP contribution is 2.35. The second-order valence-corrected chi connectivity index (χ2v) is 9.85. The number of likely N-dealkylation sites (N-methyl/N-ethyl adjacent to an activating group) is 1. The van der Waals surface area contributed by atoms with E-state index in [1.807, 2.05) is 18.0 Å². The number of amides is 1. The van der Waals surface area contributed by atoms with Gasteiger partial charge >= 0.3 is 6.18 Å². The van der Waals surface area contributed by atoms with Crippen molar-refractivity contribution in [2.45, 2.75) is 25.7 Å². The molecule has 11 heteroatoms. The van der Waals surface area contributed by atoms with Gasteiger partial charge < -0.3 is 20.9 Å². The number of aromatic nitrogens is 2. The van der Waals surface area contributed by atoms with Crippen molar-refractivity contribution < 1.29 is 18.0 Å². The van der Waals surface area contributed by atoms with E-state index in [0.29, 0.717) is 31.0 Å². The molecule has 1 saturated heterocycles. The Morgan fingerprint density at radius 2 is 1.82 bits per heavy atom. The first kappa shape index (κ1) is 25.9. The number of anilines is 3. The molecule has 1 aromatic heterocycles. The van der Waals surface area contributed by atoms with E-state index in [1.165, 1.54) is 18.5 Å². The van der Waals surface area contributed by atoms with Gasteiger partial charge in [-0.3, -0.25) is 9.69 Å². The van der Waals surface area contributed by atoms with E-state index in [0.717, 1.165) is 48.9 Å². The van der Waals surface area contributed by atoms with Gasteiger partial charge in [0.15, 0.2) is 0 Å². The molecular formula is C27H30F3N7O. The van der Waals surface area contributed by atoms with Crippen LogP contribution >= 0.6 is 0 Å². The molecule has 0 aliphatic carbocycles. The summed E-state index contributed by atoms with van der Waals surface area (Å²) in [6.45, 7) is 4.53. The lowest BCUT2D eigenvalue weighted by atomic mass is 10.0. The van der Waals surface area contributed by atoms with Crippen LogP contribution in [-0.2, 0) is 25.7 Å². The molecule has 200 valence electrons. The Morgan fingerprint density at radius 3 is 2.55 bits per heavy atom. The number of benzene rings is 2. The van der Waals surface area contributed by atoms with Gasteiger partial charge in [-0.05, 0) is 48.9 Å². The molecular weight excluding hydrogens is 495 g/mol. The predicted molar refractivity (Wildman–Crippen MR) is 140 cm³/mol. The molecule has 5 rings (SSSR count). The Labute approximate surface area is 219 Å². The second kappa shape index (κ2) is 10.6. The van der Waals surface area contributed by atoms with Crippen LogP contribution < -0.4 is 16.0 Å². The molecule has 2 aliphatic heterocycles. The standard InChI is InChI=1S/C27H30F3N7O/c1-35-8-10-36(11-9-35)15-20-4-5-22(13-23(20)27(28,29)30)34-26(38)19-3-2-18-6-7-37(24(18)12-19)16-21-14-32-17-33-25(21)31/h2-5,12-14,17H,6-11,15-16H2,1H3,(H,34,38)(H2,31,32,33). The summed E-state index contributed by atoms with van der Waals surface area (Å²) in [4.78, 5) is 27.4. The van der Waals surface area contributed by atoms with Crippen molar-refractivity contribution in [2.75, 3.05) is 55.7 Å². The maximum Gasteiger partial charge on any atom is 0.416 e. The predicted octanol–water partition coefficient (Wildman–Crippen LogP) is 3.64. The monoisotopic (exact) mass is 525 g/mol. The van der Waals surface area contributed by atoms with Crippen molar-refractivity contribution in [3.8, 4) is 0 Å². The largest absolute Gasteiger partial charge is 0.416 e. The topological polar surface area (TPSA) is 90.6 Å². The number of rotatable bonds is 6. The number of nitrogens with one attached hydrogen (secondary N) is 1. The van der Waals surface area contributed by atoms with Crippen molar-refractivity contribution >= 4 is 23.1 Å². The van der Waals surface area contributed by atoms with Crippen LogP contribution in [0.3, 0.4) is 0 Å². The summed E-state index contributed by atoms with van der Waals surface area (Å²) in [5.41, 5.74) is 8.68. The normalized spacial score (nSPS) is 16.5. The summed E-state index contributed by atoms with van der Waals surface area (Å²) >= 11 is 0. The van der Waals surface area contributed by atoms with Gasteiger partial charge in [-0.25, -0.2) is 9.97 Å². The third-order valence-electron chi connectivity index (χ3n) is 7.19. The number of fused-ring (bicyclic) bond motifs is 1. The van der Waals surface area contributed by atoms with Crippen LogP contribution in [0.2, 0.25) is 0 Å².